The van der Waals surface area contributed by atoms with Crippen molar-refractivity contribution < 1.29 is 9.52 Å². The third-order valence-electron chi connectivity index (χ3n) is 2.87. The fraction of sp³-hybridized carbons (Fsp3) is 0.286. The third-order valence-corrected chi connectivity index (χ3v) is 3.31. The number of aliphatic hydroxyl groups excluding tert-OH is 1. The van der Waals surface area contributed by atoms with Gasteiger partial charge in [-0.1, -0.05) is 23.2 Å². The summed E-state index contributed by atoms with van der Waals surface area (Å²) in [4.78, 5) is 0. The van der Waals surface area contributed by atoms with Gasteiger partial charge in [0.05, 0.1) is 6.26 Å². The molecule has 0 amide bonds. The maximum atomic E-state index is 9.91. The van der Waals surface area contributed by atoms with E-state index < -0.39 is 6.10 Å². The molecule has 3 nitrogen and oxygen atoms in total. The highest BCUT2D eigenvalue weighted by atomic mass is 35.5. The van der Waals surface area contributed by atoms with Crippen molar-refractivity contribution in [3.63, 3.8) is 0 Å². The van der Waals surface area contributed by atoms with E-state index in [0.717, 1.165) is 5.56 Å². The quantitative estimate of drug-likeness (QED) is 0.878. The van der Waals surface area contributed by atoms with E-state index >= 15 is 0 Å². The molecule has 0 bridgehead atoms. The largest absolute Gasteiger partial charge is 0.467 e. The SMILES string of the molecule is CC(NCC(O)c1ccco1)c1cc(Cl)cc(Cl)c1. The Morgan fingerprint density at radius 1 is 1.26 bits per heavy atom. The summed E-state index contributed by atoms with van der Waals surface area (Å²) in [5.74, 6) is 0.545. The molecule has 2 unspecified atom stereocenters. The Morgan fingerprint density at radius 2 is 1.95 bits per heavy atom. The van der Waals surface area contributed by atoms with Crippen LogP contribution < -0.4 is 5.32 Å². The third kappa shape index (κ3) is 3.98. The number of benzene rings is 1. The van der Waals surface area contributed by atoms with Gasteiger partial charge in [0.25, 0.3) is 0 Å². The van der Waals surface area contributed by atoms with Crippen LogP contribution in [0.2, 0.25) is 10.0 Å². The Kier molecular flexibility index (Phi) is 4.88. The second kappa shape index (κ2) is 6.44. The van der Waals surface area contributed by atoms with Gasteiger partial charge in [0.1, 0.15) is 11.9 Å². The van der Waals surface area contributed by atoms with Gasteiger partial charge in [-0.15, -0.1) is 0 Å². The van der Waals surface area contributed by atoms with E-state index in [1.54, 1.807) is 24.5 Å². The molecule has 0 aliphatic heterocycles. The summed E-state index contributed by atoms with van der Waals surface area (Å²) in [6.45, 7) is 2.37. The van der Waals surface area contributed by atoms with Gasteiger partial charge in [0.2, 0.25) is 0 Å². The van der Waals surface area contributed by atoms with Crippen LogP contribution in [-0.4, -0.2) is 11.7 Å². The molecule has 0 radical (unpaired) electrons. The minimum absolute atomic E-state index is 0.0285. The van der Waals surface area contributed by atoms with Gasteiger partial charge in [-0.25, -0.2) is 0 Å². The molecule has 2 rings (SSSR count). The fourth-order valence-electron chi connectivity index (χ4n) is 1.81. The van der Waals surface area contributed by atoms with Crippen LogP contribution in [-0.2, 0) is 0 Å². The topological polar surface area (TPSA) is 45.4 Å². The first-order valence-corrected chi connectivity index (χ1v) is 6.72. The molecule has 1 aromatic heterocycles. The lowest BCUT2D eigenvalue weighted by atomic mass is 10.1. The van der Waals surface area contributed by atoms with Crippen molar-refractivity contribution in [2.24, 2.45) is 0 Å². The highest BCUT2D eigenvalue weighted by Gasteiger charge is 2.13. The number of aliphatic hydroxyl groups is 1. The van der Waals surface area contributed by atoms with Crippen LogP contribution in [0.4, 0.5) is 0 Å². The minimum atomic E-state index is -0.674. The van der Waals surface area contributed by atoms with E-state index in [2.05, 4.69) is 5.32 Å². The van der Waals surface area contributed by atoms with Gasteiger partial charge in [-0.3, -0.25) is 0 Å². The van der Waals surface area contributed by atoms with Crippen LogP contribution >= 0.6 is 23.2 Å². The standard InChI is InChI=1S/C14H15Cl2NO2/c1-9(10-5-11(15)7-12(16)6-10)17-8-13(18)14-3-2-4-19-14/h2-7,9,13,17-18H,8H2,1H3. The molecule has 2 atom stereocenters. The molecule has 0 saturated heterocycles. The van der Waals surface area contributed by atoms with E-state index in [-0.39, 0.29) is 6.04 Å². The zero-order valence-corrected chi connectivity index (χ0v) is 11.9. The molecule has 2 aromatic rings. The second-order valence-electron chi connectivity index (χ2n) is 4.36. The lowest BCUT2D eigenvalue weighted by molar-refractivity contribution is 0.144. The van der Waals surface area contributed by atoms with E-state index in [4.69, 9.17) is 27.6 Å². The number of nitrogens with one attached hydrogen (secondary N) is 1. The van der Waals surface area contributed by atoms with Gasteiger partial charge in [-0.05, 0) is 42.8 Å². The first-order valence-electron chi connectivity index (χ1n) is 5.97. The molecule has 19 heavy (non-hydrogen) atoms. The van der Waals surface area contributed by atoms with Gasteiger partial charge in [-0.2, -0.15) is 0 Å². The molecule has 5 heteroatoms. The van der Waals surface area contributed by atoms with Crippen molar-refractivity contribution in [2.75, 3.05) is 6.54 Å². The number of furan rings is 1. The van der Waals surface area contributed by atoms with Crippen LogP contribution in [0.3, 0.4) is 0 Å². The molecular weight excluding hydrogens is 285 g/mol. The lowest BCUT2D eigenvalue weighted by Gasteiger charge is -2.17. The number of halogens is 2. The minimum Gasteiger partial charge on any atom is -0.467 e. The smallest absolute Gasteiger partial charge is 0.133 e. The Bertz CT molecular complexity index is 508. The maximum absolute atomic E-state index is 9.91. The molecular formula is C14H15Cl2NO2. The molecule has 0 fully saturated rings. The molecule has 0 aliphatic rings. The van der Waals surface area contributed by atoms with E-state index in [9.17, 15) is 5.11 Å². The summed E-state index contributed by atoms with van der Waals surface area (Å²) in [6, 6.07) is 8.92. The summed E-state index contributed by atoms with van der Waals surface area (Å²) < 4.78 is 5.14. The number of hydrogen-bond acceptors (Lipinski definition) is 3. The zero-order valence-electron chi connectivity index (χ0n) is 10.4. The average molecular weight is 300 g/mol. The summed E-state index contributed by atoms with van der Waals surface area (Å²) in [5, 5.41) is 14.3. The summed E-state index contributed by atoms with van der Waals surface area (Å²) in [5.41, 5.74) is 0.976. The molecule has 0 saturated carbocycles. The molecule has 1 aromatic carbocycles. The van der Waals surface area contributed by atoms with E-state index in [0.29, 0.717) is 22.4 Å². The summed E-state index contributed by atoms with van der Waals surface area (Å²) >= 11 is 11.9. The van der Waals surface area contributed by atoms with Crippen molar-refractivity contribution in [3.8, 4) is 0 Å². The van der Waals surface area contributed by atoms with Crippen molar-refractivity contribution in [1.82, 2.24) is 5.32 Å². The second-order valence-corrected chi connectivity index (χ2v) is 5.24. The lowest BCUT2D eigenvalue weighted by Crippen LogP contribution is -2.24. The van der Waals surface area contributed by atoms with Crippen LogP contribution in [0.25, 0.3) is 0 Å². The molecule has 1 heterocycles. The summed E-state index contributed by atoms with van der Waals surface area (Å²) in [6.07, 6.45) is 0.866. The van der Waals surface area contributed by atoms with Crippen LogP contribution in [0.5, 0.6) is 0 Å². The average Bonchev–Trinajstić information content (AvgIpc) is 2.88. The monoisotopic (exact) mass is 299 g/mol. The van der Waals surface area contributed by atoms with Crippen LogP contribution in [0.15, 0.2) is 41.0 Å². The van der Waals surface area contributed by atoms with Crippen molar-refractivity contribution >= 4 is 23.2 Å². The van der Waals surface area contributed by atoms with E-state index in [1.807, 2.05) is 19.1 Å². The van der Waals surface area contributed by atoms with Crippen LogP contribution in [0.1, 0.15) is 30.4 Å². The fourth-order valence-corrected chi connectivity index (χ4v) is 2.36. The zero-order chi connectivity index (χ0) is 13.8. The normalized spacial score (nSPS) is 14.3. The maximum Gasteiger partial charge on any atom is 0.133 e. The Labute approximate surface area is 122 Å². The first kappa shape index (κ1) is 14.4. The highest BCUT2D eigenvalue weighted by Crippen LogP contribution is 2.23. The molecule has 102 valence electrons. The van der Waals surface area contributed by atoms with Gasteiger partial charge < -0.3 is 14.8 Å². The Balaban J connectivity index is 1.95. The van der Waals surface area contributed by atoms with Crippen molar-refractivity contribution in [1.29, 1.82) is 0 Å². The van der Waals surface area contributed by atoms with Gasteiger partial charge in [0.15, 0.2) is 0 Å². The van der Waals surface area contributed by atoms with Gasteiger partial charge in [0, 0.05) is 22.6 Å². The van der Waals surface area contributed by atoms with Crippen molar-refractivity contribution in [2.45, 2.75) is 19.1 Å². The Hall–Kier alpha value is -1.000. The first-order chi connectivity index (χ1) is 9.06. The number of rotatable bonds is 5. The predicted octanol–water partition coefficient (Wildman–Crippen LogP) is 3.97. The molecule has 0 spiro atoms. The van der Waals surface area contributed by atoms with Crippen LogP contribution in [0, 0.1) is 0 Å². The predicted molar refractivity (Wildman–Crippen MR) is 76.5 cm³/mol. The summed E-state index contributed by atoms with van der Waals surface area (Å²) in [7, 11) is 0. The number of hydrogen-bond donors (Lipinski definition) is 2. The van der Waals surface area contributed by atoms with Gasteiger partial charge >= 0.3 is 0 Å². The van der Waals surface area contributed by atoms with E-state index in [1.165, 1.54) is 0 Å². The molecule has 0 aliphatic carbocycles. The molecule has 2 N–H and O–H groups in total. The Morgan fingerprint density at radius 3 is 2.53 bits per heavy atom. The highest BCUT2D eigenvalue weighted by molar-refractivity contribution is 6.34. The van der Waals surface area contributed by atoms with Crippen molar-refractivity contribution in [3.05, 3.63) is 58.0 Å².